The van der Waals surface area contributed by atoms with Crippen LogP contribution in [0.1, 0.15) is 34.1 Å². The highest BCUT2D eigenvalue weighted by atomic mass is 16.5. The van der Waals surface area contributed by atoms with Gasteiger partial charge in [-0.2, -0.15) is 0 Å². The zero-order valence-electron chi connectivity index (χ0n) is 11.8. The lowest BCUT2D eigenvalue weighted by Gasteiger charge is -2.15. The van der Waals surface area contributed by atoms with Crippen LogP contribution in [-0.4, -0.2) is 24.1 Å². The van der Waals surface area contributed by atoms with Gasteiger partial charge in [-0.1, -0.05) is 12.2 Å². The lowest BCUT2D eigenvalue weighted by Crippen LogP contribution is -2.19. The molecule has 0 spiro atoms. The molecule has 0 N–H and O–H groups in total. The van der Waals surface area contributed by atoms with Crippen LogP contribution in [-0.2, 0) is 19.1 Å². The molecule has 0 saturated carbocycles. The molecule has 0 saturated heterocycles. The van der Waals surface area contributed by atoms with Gasteiger partial charge in [0, 0.05) is 23.0 Å². The highest BCUT2D eigenvalue weighted by molar-refractivity contribution is 5.96. The van der Waals surface area contributed by atoms with Crippen molar-refractivity contribution in [1.29, 1.82) is 0 Å². The minimum absolute atomic E-state index is 0.00552. The van der Waals surface area contributed by atoms with E-state index in [1.807, 2.05) is 39.8 Å². The zero-order chi connectivity index (χ0) is 14.2. The minimum atomic E-state index is -0.268. The van der Waals surface area contributed by atoms with E-state index in [1.54, 1.807) is 0 Å². The third-order valence-electron chi connectivity index (χ3n) is 3.23. The highest BCUT2D eigenvalue weighted by Gasteiger charge is 2.40. The minimum Gasteiger partial charge on any atom is -0.460 e. The molecule has 2 unspecified atom stereocenters. The number of allylic oxidation sites excluding steroid dienone is 2. The maximum absolute atomic E-state index is 11.9. The second-order valence-electron chi connectivity index (χ2n) is 5.60. The average Bonchev–Trinajstić information content (AvgIpc) is 2.85. The molecule has 19 heavy (non-hydrogen) atoms. The van der Waals surface area contributed by atoms with E-state index in [1.165, 1.54) is 0 Å². The number of carbonyl (C=O) groups is 2. The van der Waals surface area contributed by atoms with Crippen molar-refractivity contribution < 1.29 is 19.1 Å². The van der Waals surface area contributed by atoms with Gasteiger partial charge in [-0.25, -0.2) is 9.59 Å². The second-order valence-corrected chi connectivity index (χ2v) is 5.60. The molecule has 0 aromatic rings. The molecule has 2 atom stereocenters. The molecule has 0 amide bonds. The number of hydrogen-bond donors (Lipinski definition) is 0. The van der Waals surface area contributed by atoms with Crippen molar-refractivity contribution in [1.82, 2.24) is 0 Å². The first-order valence-electron chi connectivity index (χ1n) is 6.74. The van der Waals surface area contributed by atoms with Crippen LogP contribution in [0.3, 0.4) is 0 Å². The number of ether oxygens (including phenoxy) is 2. The van der Waals surface area contributed by atoms with Crippen molar-refractivity contribution in [2.45, 2.75) is 46.3 Å². The van der Waals surface area contributed by atoms with Crippen LogP contribution in [0, 0.1) is 11.8 Å². The monoisotopic (exact) mass is 264 g/mol. The number of fused-ring (bicyclic) bond motifs is 2. The second kappa shape index (κ2) is 5.19. The van der Waals surface area contributed by atoms with Crippen LogP contribution in [0.25, 0.3) is 0 Å². The summed E-state index contributed by atoms with van der Waals surface area (Å²) in [7, 11) is 0. The maximum atomic E-state index is 11.9. The molecule has 104 valence electrons. The van der Waals surface area contributed by atoms with Gasteiger partial charge in [0.2, 0.25) is 0 Å². The summed E-state index contributed by atoms with van der Waals surface area (Å²) in [5.74, 6) is -0.526. The number of hydrogen-bond acceptors (Lipinski definition) is 4. The van der Waals surface area contributed by atoms with Crippen LogP contribution in [0.15, 0.2) is 23.3 Å². The SMILES string of the molecule is CC(C)OC(=O)C1=CC2CC1C=C2C(=O)OC(C)C. The first-order valence-corrected chi connectivity index (χ1v) is 6.74. The van der Waals surface area contributed by atoms with E-state index in [0.29, 0.717) is 11.1 Å². The van der Waals surface area contributed by atoms with Gasteiger partial charge >= 0.3 is 11.9 Å². The highest BCUT2D eigenvalue weighted by Crippen LogP contribution is 2.43. The van der Waals surface area contributed by atoms with Crippen molar-refractivity contribution in [3.63, 3.8) is 0 Å². The summed E-state index contributed by atoms with van der Waals surface area (Å²) in [6.07, 6.45) is 4.24. The predicted molar refractivity (Wildman–Crippen MR) is 70.2 cm³/mol. The zero-order valence-corrected chi connectivity index (χ0v) is 11.8. The smallest absolute Gasteiger partial charge is 0.334 e. The molecule has 0 radical (unpaired) electrons. The van der Waals surface area contributed by atoms with E-state index in [4.69, 9.17) is 9.47 Å². The topological polar surface area (TPSA) is 52.6 Å². The number of rotatable bonds is 4. The summed E-state index contributed by atoms with van der Waals surface area (Å²) in [5, 5.41) is 0. The average molecular weight is 264 g/mol. The van der Waals surface area contributed by atoms with Crippen molar-refractivity contribution in [3.8, 4) is 0 Å². The van der Waals surface area contributed by atoms with Crippen LogP contribution < -0.4 is 0 Å². The fraction of sp³-hybridized carbons (Fsp3) is 0.600. The Labute approximate surface area is 113 Å². The molecule has 2 aliphatic rings. The molecule has 2 rings (SSSR count). The van der Waals surface area contributed by atoms with E-state index in [2.05, 4.69) is 0 Å². The molecular formula is C15H20O4. The van der Waals surface area contributed by atoms with Gasteiger partial charge in [-0.15, -0.1) is 0 Å². The van der Waals surface area contributed by atoms with Gasteiger partial charge in [-0.05, 0) is 34.1 Å². The summed E-state index contributed by atoms with van der Waals surface area (Å²) in [4.78, 5) is 23.7. The third-order valence-corrected chi connectivity index (χ3v) is 3.23. The van der Waals surface area contributed by atoms with Gasteiger partial charge < -0.3 is 9.47 Å². The quantitative estimate of drug-likeness (QED) is 0.732. The fourth-order valence-corrected chi connectivity index (χ4v) is 2.53. The lowest BCUT2D eigenvalue weighted by atomic mass is 9.99. The van der Waals surface area contributed by atoms with Crippen LogP contribution in [0.5, 0.6) is 0 Å². The van der Waals surface area contributed by atoms with Gasteiger partial charge in [-0.3, -0.25) is 0 Å². The Morgan fingerprint density at radius 3 is 1.58 bits per heavy atom. The van der Waals surface area contributed by atoms with E-state index in [-0.39, 0.29) is 36.0 Å². The van der Waals surface area contributed by atoms with E-state index >= 15 is 0 Å². The van der Waals surface area contributed by atoms with Gasteiger partial charge in [0.05, 0.1) is 12.2 Å². The van der Waals surface area contributed by atoms with Crippen LogP contribution in [0.2, 0.25) is 0 Å². The predicted octanol–water partition coefficient (Wildman–Crippen LogP) is 2.39. The first-order chi connectivity index (χ1) is 8.88. The Morgan fingerprint density at radius 1 is 0.947 bits per heavy atom. The summed E-state index contributed by atoms with van der Waals surface area (Å²) in [6.45, 7) is 7.31. The number of carbonyl (C=O) groups excluding carboxylic acids is 2. The van der Waals surface area contributed by atoms with Crippen molar-refractivity contribution >= 4 is 11.9 Å². The summed E-state index contributed by atoms with van der Waals surface area (Å²) in [5.41, 5.74) is 1.36. The van der Waals surface area contributed by atoms with Crippen molar-refractivity contribution in [2.75, 3.05) is 0 Å². The molecule has 0 heterocycles. The van der Waals surface area contributed by atoms with E-state index in [9.17, 15) is 9.59 Å². The maximum Gasteiger partial charge on any atom is 0.334 e. The molecule has 2 bridgehead atoms. The Hall–Kier alpha value is -1.58. The summed E-state index contributed by atoms with van der Waals surface area (Å²) < 4.78 is 10.4. The van der Waals surface area contributed by atoms with Gasteiger partial charge in [0.1, 0.15) is 0 Å². The number of esters is 2. The van der Waals surface area contributed by atoms with Gasteiger partial charge in [0.25, 0.3) is 0 Å². The Bertz CT molecular complexity index is 415. The van der Waals surface area contributed by atoms with Crippen LogP contribution in [0.4, 0.5) is 0 Å². The summed E-state index contributed by atoms with van der Waals surface area (Å²) >= 11 is 0. The largest absolute Gasteiger partial charge is 0.460 e. The standard InChI is InChI=1S/C15H20O4/c1-8(2)18-14(16)12-6-11-5-10(12)7-13(11)15(17)19-9(3)4/h6-11H,5H2,1-4H3. The molecule has 4 heteroatoms. The van der Waals surface area contributed by atoms with Gasteiger partial charge in [0.15, 0.2) is 0 Å². The normalized spacial score (nSPS) is 24.5. The lowest BCUT2D eigenvalue weighted by molar-refractivity contribution is -0.144. The molecule has 4 nitrogen and oxygen atoms in total. The van der Waals surface area contributed by atoms with Crippen LogP contribution >= 0.6 is 0 Å². The molecule has 0 aliphatic heterocycles. The first kappa shape index (κ1) is 13.8. The molecule has 0 fully saturated rings. The Kier molecular flexibility index (Phi) is 3.78. The molecule has 0 aromatic heterocycles. The Balaban J connectivity index is 2.02. The van der Waals surface area contributed by atoms with E-state index < -0.39 is 0 Å². The molecule has 0 aromatic carbocycles. The Morgan fingerprint density at radius 2 is 1.32 bits per heavy atom. The fourth-order valence-electron chi connectivity index (χ4n) is 2.53. The molecular weight excluding hydrogens is 244 g/mol. The van der Waals surface area contributed by atoms with E-state index in [0.717, 1.165) is 6.42 Å². The summed E-state index contributed by atoms with van der Waals surface area (Å²) in [6, 6.07) is 0. The third kappa shape index (κ3) is 2.88. The van der Waals surface area contributed by atoms with Crippen molar-refractivity contribution in [2.24, 2.45) is 11.8 Å². The molecule has 2 aliphatic carbocycles. The van der Waals surface area contributed by atoms with Crippen molar-refractivity contribution in [3.05, 3.63) is 23.3 Å².